The highest BCUT2D eigenvalue weighted by atomic mass is 16.6. The molecule has 0 aliphatic carbocycles. The molecule has 2 atom stereocenters. The van der Waals surface area contributed by atoms with Gasteiger partial charge in [0.1, 0.15) is 6.10 Å². The van der Waals surface area contributed by atoms with Gasteiger partial charge < -0.3 is 9.47 Å². The molecule has 0 saturated carbocycles. The average molecular weight is 172 g/mol. The summed E-state index contributed by atoms with van der Waals surface area (Å²) in [6, 6.07) is 0. The summed E-state index contributed by atoms with van der Waals surface area (Å²) >= 11 is 0. The number of methoxy groups -OCH3 is 1. The first-order valence-corrected chi connectivity index (χ1v) is 5.03. The molecule has 1 aliphatic heterocycles. The Morgan fingerprint density at radius 2 is 2.17 bits per heavy atom. The van der Waals surface area contributed by atoms with Gasteiger partial charge in [-0.15, -0.1) is 0 Å². The first-order chi connectivity index (χ1) is 5.88. The molecular formula is C10H20O2. The van der Waals surface area contributed by atoms with Gasteiger partial charge in [0.05, 0.1) is 12.7 Å². The van der Waals surface area contributed by atoms with Crippen LogP contribution in [0.25, 0.3) is 0 Å². The fourth-order valence-electron chi connectivity index (χ4n) is 1.57. The molecule has 0 aromatic heterocycles. The van der Waals surface area contributed by atoms with Crippen LogP contribution in [0.4, 0.5) is 0 Å². The van der Waals surface area contributed by atoms with E-state index in [2.05, 4.69) is 6.92 Å². The zero-order valence-electron chi connectivity index (χ0n) is 8.21. The minimum Gasteiger partial charge on any atom is -0.376 e. The van der Waals surface area contributed by atoms with Gasteiger partial charge in [0.2, 0.25) is 0 Å². The second kappa shape index (κ2) is 5.55. The Kier molecular flexibility index (Phi) is 4.62. The maximum atomic E-state index is 5.39. The molecule has 12 heavy (non-hydrogen) atoms. The highest BCUT2D eigenvalue weighted by Gasteiger charge is 2.30. The van der Waals surface area contributed by atoms with Crippen molar-refractivity contribution in [2.45, 2.75) is 51.2 Å². The highest BCUT2D eigenvalue weighted by molar-refractivity contribution is 4.78. The average Bonchev–Trinajstić information content (AvgIpc) is 2.03. The third-order valence-electron chi connectivity index (χ3n) is 2.53. The quantitative estimate of drug-likeness (QED) is 0.573. The molecule has 1 rings (SSSR count). The van der Waals surface area contributed by atoms with E-state index in [-0.39, 0.29) is 0 Å². The summed E-state index contributed by atoms with van der Waals surface area (Å²) in [7, 11) is 1.77. The Labute approximate surface area is 75.2 Å². The highest BCUT2D eigenvalue weighted by Crippen LogP contribution is 2.21. The lowest BCUT2D eigenvalue weighted by atomic mass is 10.0. The molecule has 0 radical (unpaired) electrons. The van der Waals surface area contributed by atoms with Gasteiger partial charge in [0, 0.05) is 7.11 Å². The molecule has 0 amide bonds. The summed E-state index contributed by atoms with van der Waals surface area (Å²) in [5.41, 5.74) is 0. The zero-order valence-corrected chi connectivity index (χ0v) is 8.21. The molecule has 1 heterocycles. The van der Waals surface area contributed by atoms with Crippen LogP contribution in [-0.4, -0.2) is 25.9 Å². The van der Waals surface area contributed by atoms with Crippen molar-refractivity contribution >= 4 is 0 Å². The molecule has 0 unspecified atom stereocenters. The molecule has 0 spiro atoms. The van der Waals surface area contributed by atoms with Crippen LogP contribution < -0.4 is 0 Å². The Morgan fingerprint density at radius 3 is 2.67 bits per heavy atom. The van der Waals surface area contributed by atoms with Crippen LogP contribution in [0.1, 0.15) is 39.0 Å². The minimum absolute atomic E-state index is 0.381. The van der Waals surface area contributed by atoms with E-state index in [9.17, 15) is 0 Å². The fraction of sp³-hybridized carbons (Fsp3) is 1.00. The predicted molar refractivity (Wildman–Crippen MR) is 49.3 cm³/mol. The van der Waals surface area contributed by atoms with Gasteiger partial charge >= 0.3 is 0 Å². The van der Waals surface area contributed by atoms with Gasteiger partial charge in [-0.2, -0.15) is 0 Å². The minimum atomic E-state index is 0.381. The maximum Gasteiger partial charge on any atom is 0.107 e. The summed E-state index contributed by atoms with van der Waals surface area (Å²) in [4.78, 5) is 0. The van der Waals surface area contributed by atoms with E-state index in [1.807, 2.05) is 0 Å². The molecule has 2 heteroatoms. The Balaban J connectivity index is 1.93. The van der Waals surface area contributed by atoms with E-state index in [1.54, 1.807) is 7.11 Å². The van der Waals surface area contributed by atoms with Crippen molar-refractivity contribution in [3.8, 4) is 0 Å². The lowest BCUT2D eigenvalue weighted by Crippen LogP contribution is -2.45. The van der Waals surface area contributed by atoms with E-state index in [4.69, 9.17) is 9.47 Å². The van der Waals surface area contributed by atoms with Crippen molar-refractivity contribution in [3.05, 3.63) is 0 Å². The van der Waals surface area contributed by atoms with Gasteiger partial charge in [-0.3, -0.25) is 0 Å². The summed E-state index contributed by atoms with van der Waals surface area (Å²) in [5, 5.41) is 0. The van der Waals surface area contributed by atoms with Crippen LogP contribution in [-0.2, 0) is 9.47 Å². The number of hydrogen-bond donors (Lipinski definition) is 0. The van der Waals surface area contributed by atoms with E-state index in [1.165, 1.54) is 32.1 Å². The van der Waals surface area contributed by atoms with Crippen molar-refractivity contribution in [3.63, 3.8) is 0 Å². The Bertz CT molecular complexity index is 112. The van der Waals surface area contributed by atoms with Gasteiger partial charge in [-0.1, -0.05) is 32.6 Å². The van der Waals surface area contributed by atoms with Crippen molar-refractivity contribution in [2.75, 3.05) is 13.7 Å². The molecule has 1 saturated heterocycles. The van der Waals surface area contributed by atoms with E-state index >= 15 is 0 Å². The fourth-order valence-corrected chi connectivity index (χ4v) is 1.57. The summed E-state index contributed by atoms with van der Waals surface area (Å²) in [6.07, 6.45) is 7.24. The van der Waals surface area contributed by atoms with E-state index in [0.29, 0.717) is 12.2 Å². The van der Waals surface area contributed by atoms with Crippen LogP contribution in [0.15, 0.2) is 0 Å². The van der Waals surface area contributed by atoms with E-state index in [0.717, 1.165) is 6.61 Å². The van der Waals surface area contributed by atoms with Gasteiger partial charge in [0.15, 0.2) is 0 Å². The largest absolute Gasteiger partial charge is 0.376 e. The molecule has 1 aliphatic rings. The summed E-state index contributed by atoms with van der Waals surface area (Å²) < 4.78 is 10.6. The molecular weight excluding hydrogens is 152 g/mol. The van der Waals surface area contributed by atoms with Gasteiger partial charge in [0.25, 0.3) is 0 Å². The number of ether oxygens (including phenoxy) is 2. The van der Waals surface area contributed by atoms with Gasteiger partial charge in [-0.05, 0) is 6.42 Å². The third-order valence-corrected chi connectivity index (χ3v) is 2.53. The Morgan fingerprint density at radius 1 is 1.33 bits per heavy atom. The topological polar surface area (TPSA) is 18.5 Å². The van der Waals surface area contributed by atoms with Crippen LogP contribution in [0.3, 0.4) is 0 Å². The van der Waals surface area contributed by atoms with Crippen molar-refractivity contribution in [1.29, 1.82) is 0 Å². The molecule has 2 nitrogen and oxygen atoms in total. The van der Waals surface area contributed by atoms with Gasteiger partial charge in [-0.25, -0.2) is 0 Å². The first-order valence-electron chi connectivity index (χ1n) is 5.03. The number of rotatable bonds is 6. The van der Waals surface area contributed by atoms with Crippen LogP contribution >= 0.6 is 0 Å². The normalized spacial score (nSPS) is 28.5. The zero-order chi connectivity index (χ0) is 8.81. The lowest BCUT2D eigenvalue weighted by Gasteiger charge is -2.35. The second-order valence-electron chi connectivity index (χ2n) is 3.50. The van der Waals surface area contributed by atoms with Crippen molar-refractivity contribution < 1.29 is 9.47 Å². The SMILES string of the molecule is CCCCCC[C@@H]1OC[C@@H]1OC. The predicted octanol–water partition coefficient (Wildman–Crippen LogP) is 2.37. The lowest BCUT2D eigenvalue weighted by molar-refractivity contribution is -0.178. The number of hydrogen-bond acceptors (Lipinski definition) is 2. The van der Waals surface area contributed by atoms with E-state index < -0.39 is 0 Å². The van der Waals surface area contributed by atoms with Crippen molar-refractivity contribution in [2.24, 2.45) is 0 Å². The monoisotopic (exact) mass is 172 g/mol. The van der Waals surface area contributed by atoms with Crippen LogP contribution in [0.2, 0.25) is 0 Å². The van der Waals surface area contributed by atoms with Crippen LogP contribution in [0.5, 0.6) is 0 Å². The van der Waals surface area contributed by atoms with Crippen LogP contribution in [0, 0.1) is 0 Å². The molecule has 0 aromatic carbocycles. The molecule has 1 fully saturated rings. The maximum absolute atomic E-state index is 5.39. The summed E-state index contributed by atoms with van der Waals surface area (Å²) in [6.45, 7) is 3.03. The number of unbranched alkanes of at least 4 members (excludes halogenated alkanes) is 3. The third kappa shape index (κ3) is 2.76. The Hall–Kier alpha value is -0.0800. The first kappa shape index (κ1) is 10.0. The summed E-state index contributed by atoms with van der Waals surface area (Å²) in [5.74, 6) is 0. The standard InChI is InChI=1S/C10H20O2/c1-3-4-5-6-7-9-10(11-2)8-12-9/h9-10H,3-8H2,1-2H3/t9-,10-/m0/s1. The smallest absolute Gasteiger partial charge is 0.107 e. The molecule has 0 aromatic rings. The molecule has 72 valence electrons. The second-order valence-corrected chi connectivity index (χ2v) is 3.50. The van der Waals surface area contributed by atoms with Crippen molar-refractivity contribution in [1.82, 2.24) is 0 Å². The molecule has 0 bridgehead atoms. The molecule has 0 N–H and O–H groups in total.